The van der Waals surface area contributed by atoms with Crippen molar-refractivity contribution in [3.05, 3.63) is 41.3 Å². The minimum atomic E-state index is -0.826. The molecule has 0 spiro atoms. The monoisotopic (exact) mass is 316 g/mol. The molecular formula is C17H20N2O4. The molecule has 3 rings (SSSR count). The molecular weight excluding hydrogens is 296 g/mol. The standard InChI is InChI=1S/C17H20N2O4/c1-11-4-6-13(7-5-11)16-19-14(12(2)23-16)10-18-15(20)17-21-8-3-9-22-17/h4-7,17H,3,8-10H2,1-2H3,(H,18,20). The highest BCUT2D eigenvalue weighted by Gasteiger charge is 2.23. The second-order valence-electron chi connectivity index (χ2n) is 5.53. The van der Waals surface area contributed by atoms with E-state index in [1.807, 2.05) is 38.1 Å². The first kappa shape index (κ1) is 15.7. The number of nitrogens with one attached hydrogen (secondary N) is 1. The van der Waals surface area contributed by atoms with Crippen LogP contribution in [0.4, 0.5) is 0 Å². The summed E-state index contributed by atoms with van der Waals surface area (Å²) in [7, 11) is 0. The van der Waals surface area contributed by atoms with Crippen molar-refractivity contribution < 1.29 is 18.7 Å². The summed E-state index contributed by atoms with van der Waals surface area (Å²) in [6.45, 7) is 5.22. The van der Waals surface area contributed by atoms with Crippen molar-refractivity contribution in [2.24, 2.45) is 0 Å². The Balaban J connectivity index is 1.64. The van der Waals surface area contributed by atoms with Crippen LogP contribution in [0.1, 0.15) is 23.4 Å². The molecule has 1 amide bonds. The molecule has 0 radical (unpaired) electrons. The van der Waals surface area contributed by atoms with Crippen molar-refractivity contribution in [2.75, 3.05) is 13.2 Å². The lowest BCUT2D eigenvalue weighted by Crippen LogP contribution is -2.40. The van der Waals surface area contributed by atoms with Gasteiger partial charge in [0.1, 0.15) is 11.5 Å². The Bertz CT molecular complexity index is 672. The SMILES string of the molecule is Cc1ccc(-c2nc(CNC(=O)C3OCCCO3)c(C)o2)cc1. The van der Waals surface area contributed by atoms with Gasteiger partial charge in [0.15, 0.2) is 0 Å². The maximum Gasteiger partial charge on any atom is 0.277 e. The fourth-order valence-corrected chi connectivity index (χ4v) is 2.30. The second-order valence-corrected chi connectivity index (χ2v) is 5.53. The number of carbonyl (C=O) groups is 1. The predicted octanol–water partition coefficient (Wildman–Crippen LogP) is 2.34. The molecule has 1 aliphatic rings. The van der Waals surface area contributed by atoms with Crippen molar-refractivity contribution >= 4 is 5.91 Å². The fraction of sp³-hybridized carbons (Fsp3) is 0.412. The quantitative estimate of drug-likeness (QED) is 0.937. The van der Waals surface area contributed by atoms with Crippen LogP contribution in [0, 0.1) is 13.8 Å². The third-order valence-corrected chi connectivity index (χ3v) is 3.66. The summed E-state index contributed by atoms with van der Waals surface area (Å²) in [5.41, 5.74) is 2.79. The molecule has 122 valence electrons. The van der Waals surface area contributed by atoms with Gasteiger partial charge in [-0.25, -0.2) is 4.98 Å². The average Bonchev–Trinajstić information content (AvgIpc) is 2.95. The molecule has 0 bridgehead atoms. The number of nitrogens with zero attached hydrogens (tertiary/aromatic N) is 1. The van der Waals surface area contributed by atoms with Crippen LogP contribution in [-0.4, -0.2) is 30.4 Å². The third-order valence-electron chi connectivity index (χ3n) is 3.66. The third kappa shape index (κ3) is 3.78. The molecule has 1 N–H and O–H groups in total. The zero-order valence-corrected chi connectivity index (χ0v) is 13.3. The zero-order chi connectivity index (χ0) is 16.2. The Kier molecular flexibility index (Phi) is 4.73. The lowest BCUT2D eigenvalue weighted by molar-refractivity contribution is -0.190. The van der Waals surface area contributed by atoms with Gasteiger partial charge in [0, 0.05) is 5.56 Å². The van der Waals surface area contributed by atoms with Crippen LogP contribution in [0.25, 0.3) is 11.5 Å². The number of rotatable bonds is 4. The van der Waals surface area contributed by atoms with E-state index in [1.165, 1.54) is 5.56 Å². The van der Waals surface area contributed by atoms with Gasteiger partial charge >= 0.3 is 0 Å². The number of ether oxygens (including phenoxy) is 2. The van der Waals surface area contributed by atoms with Crippen LogP contribution in [0.5, 0.6) is 0 Å². The number of hydrogen-bond acceptors (Lipinski definition) is 5. The Labute approximate surface area is 134 Å². The van der Waals surface area contributed by atoms with E-state index in [1.54, 1.807) is 0 Å². The number of aryl methyl sites for hydroxylation is 2. The van der Waals surface area contributed by atoms with Crippen molar-refractivity contribution in [2.45, 2.75) is 33.1 Å². The number of carbonyl (C=O) groups excluding carboxylic acids is 1. The summed E-state index contributed by atoms with van der Waals surface area (Å²) in [4.78, 5) is 16.4. The number of aromatic nitrogens is 1. The number of amides is 1. The maximum atomic E-state index is 12.0. The molecule has 0 atom stereocenters. The number of hydrogen-bond donors (Lipinski definition) is 1. The minimum Gasteiger partial charge on any atom is -0.441 e. The minimum absolute atomic E-state index is 0.281. The van der Waals surface area contributed by atoms with Crippen LogP contribution in [-0.2, 0) is 20.8 Å². The van der Waals surface area contributed by atoms with E-state index in [-0.39, 0.29) is 12.5 Å². The molecule has 1 aromatic carbocycles. The van der Waals surface area contributed by atoms with Gasteiger partial charge in [-0.3, -0.25) is 4.79 Å². The maximum absolute atomic E-state index is 12.0. The van der Waals surface area contributed by atoms with E-state index >= 15 is 0 Å². The molecule has 1 fully saturated rings. The van der Waals surface area contributed by atoms with Gasteiger partial charge in [0.25, 0.3) is 5.91 Å². The van der Waals surface area contributed by atoms with Crippen LogP contribution in [0.15, 0.2) is 28.7 Å². The fourth-order valence-electron chi connectivity index (χ4n) is 2.30. The van der Waals surface area contributed by atoms with Crippen LogP contribution >= 0.6 is 0 Å². The smallest absolute Gasteiger partial charge is 0.277 e. The molecule has 0 saturated carbocycles. The molecule has 1 saturated heterocycles. The summed E-state index contributed by atoms with van der Waals surface area (Å²) in [5.74, 6) is 0.951. The van der Waals surface area contributed by atoms with Gasteiger partial charge in [0.05, 0.1) is 19.8 Å². The number of benzene rings is 1. The molecule has 1 aliphatic heterocycles. The summed E-state index contributed by atoms with van der Waals surface area (Å²) < 4.78 is 16.2. The molecule has 0 unspecified atom stereocenters. The van der Waals surface area contributed by atoms with Crippen molar-refractivity contribution in [1.82, 2.24) is 10.3 Å². The highest BCUT2D eigenvalue weighted by molar-refractivity contribution is 5.79. The van der Waals surface area contributed by atoms with E-state index in [9.17, 15) is 4.79 Å². The predicted molar refractivity (Wildman–Crippen MR) is 83.6 cm³/mol. The van der Waals surface area contributed by atoms with Gasteiger partial charge in [-0.2, -0.15) is 0 Å². The van der Waals surface area contributed by atoms with Crippen LogP contribution in [0.3, 0.4) is 0 Å². The Morgan fingerprint density at radius 2 is 1.91 bits per heavy atom. The van der Waals surface area contributed by atoms with Crippen molar-refractivity contribution in [1.29, 1.82) is 0 Å². The Hall–Kier alpha value is -2.18. The largest absolute Gasteiger partial charge is 0.441 e. The molecule has 2 heterocycles. The summed E-state index contributed by atoms with van der Waals surface area (Å²) in [6.07, 6.45) is -0.0148. The first-order valence-corrected chi connectivity index (χ1v) is 7.68. The summed E-state index contributed by atoms with van der Waals surface area (Å²) in [6, 6.07) is 7.95. The van der Waals surface area contributed by atoms with E-state index < -0.39 is 6.29 Å². The van der Waals surface area contributed by atoms with Gasteiger partial charge in [0.2, 0.25) is 12.2 Å². The van der Waals surface area contributed by atoms with Gasteiger partial charge in [-0.05, 0) is 32.4 Å². The Morgan fingerprint density at radius 3 is 2.61 bits per heavy atom. The van der Waals surface area contributed by atoms with Crippen LogP contribution in [0.2, 0.25) is 0 Å². The molecule has 2 aromatic rings. The molecule has 1 aromatic heterocycles. The second kappa shape index (κ2) is 6.93. The summed E-state index contributed by atoms with van der Waals surface area (Å²) in [5, 5.41) is 2.77. The van der Waals surface area contributed by atoms with Gasteiger partial charge in [-0.15, -0.1) is 0 Å². The van der Waals surface area contributed by atoms with E-state index in [0.717, 1.165) is 12.0 Å². The lowest BCUT2D eigenvalue weighted by atomic mass is 10.1. The molecule has 23 heavy (non-hydrogen) atoms. The molecule has 0 aliphatic carbocycles. The normalized spacial score (nSPS) is 15.6. The van der Waals surface area contributed by atoms with Crippen molar-refractivity contribution in [3.63, 3.8) is 0 Å². The highest BCUT2D eigenvalue weighted by atomic mass is 16.7. The van der Waals surface area contributed by atoms with E-state index in [0.29, 0.717) is 30.6 Å². The lowest BCUT2D eigenvalue weighted by Gasteiger charge is -2.21. The summed E-state index contributed by atoms with van der Waals surface area (Å²) >= 11 is 0. The van der Waals surface area contributed by atoms with E-state index in [4.69, 9.17) is 13.9 Å². The molecule has 6 heteroatoms. The molecule has 6 nitrogen and oxygen atoms in total. The average molecular weight is 316 g/mol. The topological polar surface area (TPSA) is 73.6 Å². The number of oxazole rings is 1. The van der Waals surface area contributed by atoms with Gasteiger partial charge in [-0.1, -0.05) is 17.7 Å². The van der Waals surface area contributed by atoms with E-state index in [2.05, 4.69) is 10.3 Å². The van der Waals surface area contributed by atoms with Crippen molar-refractivity contribution in [3.8, 4) is 11.5 Å². The Morgan fingerprint density at radius 1 is 1.22 bits per heavy atom. The first-order valence-electron chi connectivity index (χ1n) is 7.68. The van der Waals surface area contributed by atoms with Crippen LogP contribution < -0.4 is 5.32 Å². The first-order chi connectivity index (χ1) is 11.1. The van der Waals surface area contributed by atoms with Gasteiger partial charge < -0.3 is 19.2 Å². The zero-order valence-electron chi connectivity index (χ0n) is 13.3. The highest BCUT2D eigenvalue weighted by Crippen LogP contribution is 2.22.